The maximum atomic E-state index is 12.4. The summed E-state index contributed by atoms with van der Waals surface area (Å²) in [6, 6.07) is 6.07. The third kappa shape index (κ3) is 2.63. The van der Waals surface area contributed by atoms with E-state index >= 15 is 0 Å². The van der Waals surface area contributed by atoms with E-state index in [9.17, 15) is 4.39 Å². The van der Waals surface area contributed by atoms with Crippen LogP contribution in [0.4, 0.5) is 10.1 Å². The zero-order valence-corrected chi connectivity index (χ0v) is 6.91. The molecule has 0 saturated heterocycles. The third-order valence-electron chi connectivity index (χ3n) is 1.16. The Balaban J connectivity index is 2.74. The van der Waals surface area contributed by atoms with Gasteiger partial charge < -0.3 is 5.32 Å². The molecule has 3 heteroatoms. The highest BCUT2D eigenvalue weighted by Gasteiger charge is 1.91. The van der Waals surface area contributed by atoms with Crippen LogP contribution in [0.25, 0.3) is 0 Å². The molecular weight excluding hydrogens is 161 g/mol. The molecule has 0 atom stereocenters. The minimum Gasteiger partial charge on any atom is -0.350 e. The SMILES string of the molecule is CC(=S)Nc1ccc(F)cc1. The predicted octanol–water partition coefficient (Wildman–Crippen LogP) is 2.58. The van der Waals surface area contributed by atoms with Crippen LogP contribution in [0.2, 0.25) is 0 Å². The average molecular weight is 169 g/mol. The van der Waals surface area contributed by atoms with Crippen LogP contribution in [-0.2, 0) is 0 Å². The summed E-state index contributed by atoms with van der Waals surface area (Å²) in [6.07, 6.45) is 0. The second-order valence-corrected chi connectivity index (χ2v) is 2.80. The molecule has 0 saturated carbocycles. The van der Waals surface area contributed by atoms with Gasteiger partial charge in [0.25, 0.3) is 0 Å². The van der Waals surface area contributed by atoms with E-state index in [0.717, 1.165) is 5.69 Å². The summed E-state index contributed by atoms with van der Waals surface area (Å²) < 4.78 is 12.4. The quantitative estimate of drug-likeness (QED) is 0.648. The number of thiocarbonyl (C=S) groups is 1. The highest BCUT2D eigenvalue weighted by molar-refractivity contribution is 7.80. The highest BCUT2D eigenvalue weighted by atomic mass is 32.1. The Bertz CT molecular complexity index is 255. The Morgan fingerprint density at radius 1 is 1.36 bits per heavy atom. The standard InChI is InChI=1S/C8H8FNS/c1-6(11)10-8-4-2-7(9)3-5-8/h2-5H,1H3,(H,10,11). The van der Waals surface area contributed by atoms with Crippen molar-refractivity contribution in [2.45, 2.75) is 6.92 Å². The Hall–Kier alpha value is -0.960. The first kappa shape index (κ1) is 8.14. The topological polar surface area (TPSA) is 12.0 Å². The summed E-state index contributed by atoms with van der Waals surface area (Å²) in [6.45, 7) is 1.78. The van der Waals surface area contributed by atoms with E-state index in [1.54, 1.807) is 19.1 Å². The van der Waals surface area contributed by atoms with Crippen LogP contribution >= 0.6 is 12.2 Å². The van der Waals surface area contributed by atoms with Crippen LogP contribution in [0, 0.1) is 5.82 Å². The van der Waals surface area contributed by atoms with Gasteiger partial charge in [-0.15, -0.1) is 0 Å². The van der Waals surface area contributed by atoms with Crippen molar-refractivity contribution < 1.29 is 4.39 Å². The summed E-state index contributed by atoms with van der Waals surface area (Å²) in [5.41, 5.74) is 0.818. The second kappa shape index (κ2) is 3.44. The van der Waals surface area contributed by atoms with E-state index in [-0.39, 0.29) is 5.82 Å². The van der Waals surface area contributed by atoms with E-state index < -0.39 is 0 Å². The van der Waals surface area contributed by atoms with Gasteiger partial charge in [0.15, 0.2) is 0 Å². The molecule has 0 radical (unpaired) electrons. The number of benzene rings is 1. The van der Waals surface area contributed by atoms with Crippen molar-refractivity contribution in [2.24, 2.45) is 0 Å². The number of rotatable bonds is 1. The van der Waals surface area contributed by atoms with Crippen LogP contribution in [0.1, 0.15) is 6.92 Å². The maximum absolute atomic E-state index is 12.4. The summed E-state index contributed by atoms with van der Waals surface area (Å²) in [4.78, 5) is 0.677. The monoisotopic (exact) mass is 169 g/mol. The Kier molecular flexibility index (Phi) is 2.54. The van der Waals surface area contributed by atoms with E-state index in [1.807, 2.05) is 0 Å². The molecule has 0 spiro atoms. The van der Waals surface area contributed by atoms with Crippen LogP contribution in [-0.4, -0.2) is 4.99 Å². The van der Waals surface area contributed by atoms with Gasteiger partial charge in [0.2, 0.25) is 0 Å². The molecule has 0 aliphatic heterocycles. The lowest BCUT2D eigenvalue weighted by molar-refractivity contribution is 0.628. The second-order valence-electron chi connectivity index (χ2n) is 2.19. The maximum Gasteiger partial charge on any atom is 0.123 e. The normalized spacial score (nSPS) is 9.27. The van der Waals surface area contributed by atoms with Gasteiger partial charge in [-0.2, -0.15) is 0 Å². The number of halogens is 1. The molecule has 0 heterocycles. The van der Waals surface area contributed by atoms with Crippen molar-refractivity contribution in [3.05, 3.63) is 30.1 Å². The zero-order chi connectivity index (χ0) is 8.27. The minimum absolute atomic E-state index is 0.238. The van der Waals surface area contributed by atoms with Gasteiger partial charge in [-0.3, -0.25) is 0 Å². The fourth-order valence-corrected chi connectivity index (χ4v) is 0.854. The van der Waals surface area contributed by atoms with E-state index in [4.69, 9.17) is 12.2 Å². The van der Waals surface area contributed by atoms with Crippen LogP contribution in [0.15, 0.2) is 24.3 Å². The predicted molar refractivity (Wildman–Crippen MR) is 48.3 cm³/mol. The molecule has 1 rings (SSSR count). The molecule has 1 nitrogen and oxygen atoms in total. The molecule has 0 bridgehead atoms. The van der Waals surface area contributed by atoms with Gasteiger partial charge in [0.05, 0.1) is 4.99 Å². The molecule has 11 heavy (non-hydrogen) atoms. The van der Waals surface area contributed by atoms with Gasteiger partial charge >= 0.3 is 0 Å². The molecule has 1 aromatic rings. The Morgan fingerprint density at radius 2 is 1.91 bits per heavy atom. The summed E-state index contributed by atoms with van der Waals surface area (Å²) in [5, 5.41) is 2.90. The van der Waals surface area contributed by atoms with Crippen LogP contribution in [0.3, 0.4) is 0 Å². The molecule has 0 unspecified atom stereocenters. The molecule has 1 N–H and O–H groups in total. The van der Waals surface area contributed by atoms with Crippen molar-refractivity contribution in [3.63, 3.8) is 0 Å². The number of nitrogens with one attached hydrogen (secondary N) is 1. The van der Waals surface area contributed by atoms with Crippen molar-refractivity contribution in [3.8, 4) is 0 Å². The Morgan fingerprint density at radius 3 is 2.36 bits per heavy atom. The van der Waals surface area contributed by atoms with Gasteiger partial charge in [-0.25, -0.2) is 4.39 Å². The van der Waals surface area contributed by atoms with Crippen molar-refractivity contribution >= 4 is 22.9 Å². The lowest BCUT2D eigenvalue weighted by atomic mass is 10.3. The lowest BCUT2D eigenvalue weighted by Gasteiger charge is -2.01. The third-order valence-corrected chi connectivity index (χ3v) is 1.27. The summed E-state index contributed by atoms with van der Waals surface area (Å²) in [5.74, 6) is -0.238. The number of hydrogen-bond donors (Lipinski definition) is 1. The minimum atomic E-state index is -0.238. The molecule has 0 fully saturated rings. The first-order valence-electron chi connectivity index (χ1n) is 3.21. The van der Waals surface area contributed by atoms with Crippen molar-refractivity contribution in [1.29, 1.82) is 0 Å². The number of anilines is 1. The van der Waals surface area contributed by atoms with Crippen molar-refractivity contribution in [1.82, 2.24) is 0 Å². The Labute approximate surface area is 70.2 Å². The fourth-order valence-electron chi connectivity index (χ4n) is 0.736. The van der Waals surface area contributed by atoms with Gasteiger partial charge in [0, 0.05) is 5.69 Å². The smallest absolute Gasteiger partial charge is 0.123 e. The number of hydrogen-bond acceptors (Lipinski definition) is 1. The van der Waals surface area contributed by atoms with Crippen LogP contribution in [0.5, 0.6) is 0 Å². The van der Waals surface area contributed by atoms with Gasteiger partial charge in [-0.1, -0.05) is 12.2 Å². The molecule has 0 amide bonds. The summed E-state index contributed by atoms with van der Waals surface area (Å²) in [7, 11) is 0. The first-order valence-corrected chi connectivity index (χ1v) is 3.62. The lowest BCUT2D eigenvalue weighted by Crippen LogP contribution is -2.02. The first-order chi connectivity index (χ1) is 5.18. The molecular formula is C8H8FNS. The summed E-state index contributed by atoms with van der Waals surface area (Å²) >= 11 is 4.81. The molecule has 58 valence electrons. The van der Waals surface area contributed by atoms with Gasteiger partial charge in [-0.05, 0) is 31.2 Å². The molecule has 1 aromatic carbocycles. The van der Waals surface area contributed by atoms with E-state index in [0.29, 0.717) is 4.99 Å². The van der Waals surface area contributed by atoms with Gasteiger partial charge in [0.1, 0.15) is 5.82 Å². The average Bonchev–Trinajstić information content (AvgIpc) is 1.93. The van der Waals surface area contributed by atoms with Crippen LogP contribution < -0.4 is 5.32 Å². The molecule has 0 aliphatic carbocycles. The largest absolute Gasteiger partial charge is 0.350 e. The highest BCUT2D eigenvalue weighted by Crippen LogP contribution is 2.07. The zero-order valence-electron chi connectivity index (χ0n) is 6.10. The van der Waals surface area contributed by atoms with E-state index in [2.05, 4.69) is 5.32 Å². The molecule has 0 aromatic heterocycles. The molecule has 0 aliphatic rings. The van der Waals surface area contributed by atoms with E-state index in [1.165, 1.54) is 12.1 Å². The fraction of sp³-hybridized carbons (Fsp3) is 0.125. The van der Waals surface area contributed by atoms with Crippen molar-refractivity contribution in [2.75, 3.05) is 5.32 Å².